The van der Waals surface area contributed by atoms with Gasteiger partial charge in [-0.05, 0) is 26.4 Å². The predicted octanol–water partition coefficient (Wildman–Crippen LogP) is -0.283. The van der Waals surface area contributed by atoms with Crippen LogP contribution in [0, 0.1) is 0 Å². The normalized spacial score (nSPS) is 11.9. The van der Waals surface area contributed by atoms with Crippen molar-refractivity contribution < 1.29 is 8.42 Å². The van der Waals surface area contributed by atoms with E-state index >= 15 is 0 Å². The molecule has 0 unspecified atom stereocenters. The van der Waals surface area contributed by atoms with Crippen LogP contribution in [0.1, 0.15) is 26.1 Å². The molecule has 0 aliphatic heterocycles. The summed E-state index contributed by atoms with van der Waals surface area (Å²) in [5.74, 6) is 0.757. The summed E-state index contributed by atoms with van der Waals surface area (Å²) < 4.78 is 27.7. The molecular formula is C10H21N5O2S. The summed E-state index contributed by atoms with van der Waals surface area (Å²) in [5.41, 5.74) is 0. The van der Waals surface area contributed by atoms with Gasteiger partial charge in [0.25, 0.3) is 0 Å². The highest BCUT2D eigenvalue weighted by Crippen LogP contribution is 1.97. The van der Waals surface area contributed by atoms with Crippen LogP contribution in [0.5, 0.6) is 0 Å². The number of nitrogens with zero attached hydrogens (tertiary/aromatic N) is 3. The van der Waals surface area contributed by atoms with Crippen molar-refractivity contribution in [3.8, 4) is 0 Å². The molecule has 0 aromatic carbocycles. The molecule has 0 aliphatic rings. The SMILES string of the molecule is CCNCCCS(=O)(=O)NCc1nncn1CC. The van der Waals surface area contributed by atoms with E-state index in [1.807, 2.05) is 13.8 Å². The Labute approximate surface area is 108 Å². The third-order valence-electron chi connectivity index (χ3n) is 2.50. The van der Waals surface area contributed by atoms with Crippen molar-refractivity contribution in [3.63, 3.8) is 0 Å². The second-order valence-corrected chi connectivity index (χ2v) is 5.81. The average molecular weight is 275 g/mol. The van der Waals surface area contributed by atoms with Gasteiger partial charge in [0.05, 0.1) is 12.3 Å². The van der Waals surface area contributed by atoms with Crippen molar-refractivity contribution in [2.45, 2.75) is 33.4 Å². The Balaban J connectivity index is 2.37. The zero-order chi connectivity index (χ0) is 13.4. The van der Waals surface area contributed by atoms with E-state index in [4.69, 9.17) is 0 Å². The standard InChI is InChI=1S/C10H21N5O2S/c1-3-11-6-5-7-18(16,17)13-8-10-14-12-9-15(10)4-2/h9,11,13H,3-8H2,1-2H3. The van der Waals surface area contributed by atoms with Gasteiger partial charge < -0.3 is 9.88 Å². The summed E-state index contributed by atoms with van der Waals surface area (Å²) in [6, 6.07) is 0. The molecule has 0 radical (unpaired) electrons. The van der Waals surface area contributed by atoms with Crippen LogP contribution in [0.4, 0.5) is 0 Å². The fourth-order valence-corrected chi connectivity index (χ4v) is 2.51. The highest BCUT2D eigenvalue weighted by atomic mass is 32.2. The molecule has 0 atom stereocenters. The lowest BCUT2D eigenvalue weighted by atomic mass is 10.5. The molecule has 2 N–H and O–H groups in total. The monoisotopic (exact) mass is 275 g/mol. The van der Waals surface area contributed by atoms with Gasteiger partial charge in [-0.15, -0.1) is 10.2 Å². The molecular weight excluding hydrogens is 254 g/mol. The molecule has 0 fully saturated rings. The van der Waals surface area contributed by atoms with Gasteiger partial charge in [0.15, 0.2) is 0 Å². The number of hydrogen-bond donors (Lipinski definition) is 2. The number of sulfonamides is 1. The third-order valence-corrected chi connectivity index (χ3v) is 3.91. The Hall–Kier alpha value is -0.990. The fraction of sp³-hybridized carbons (Fsp3) is 0.800. The van der Waals surface area contributed by atoms with Crippen LogP contribution < -0.4 is 10.0 Å². The van der Waals surface area contributed by atoms with Crippen molar-refractivity contribution in [2.75, 3.05) is 18.8 Å². The minimum Gasteiger partial charge on any atom is -0.317 e. The van der Waals surface area contributed by atoms with Gasteiger partial charge in [0, 0.05) is 6.54 Å². The van der Waals surface area contributed by atoms with Gasteiger partial charge in [-0.3, -0.25) is 0 Å². The maximum atomic E-state index is 11.7. The molecule has 1 heterocycles. The number of hydrogen-bond acceptors (Lipinski definition) is 5. The maximum absolute atomic E-state index is 11.7. The molecule has 7 nitrogen and oxygen atoms in total. The molecule has 104 valence electrons. The first-order valence-electron chi connectivity index (χ1n) is 6.13. The fourth-order valence-electron chi connectivity index (χ4n) is 1.49. The number of aromatic nitrogens is 3. The third kappa shape index (κ3) is 5.11. The Morgan fingerprint density at radius 2 is 2.17 bits per heavy atom. The molecule has 0 bridgehead atoms. The van der Waals surface area contributed by atoms with Crippen LogP contribution in [0.3, 0.4) is 0 Å². The van der Waals surface area contributed by atoms with Gasteiger partial charge >= 0.3 is 0 Å². The molecule has 0 spiro atoms. The molecule has 1 aromatic heterocycles. The Bertz CT molecular complexity index is 443. The van der Waals surface area contributed by atoms with Crippen molar-refractivity contribution in [2.24, 2.45) is 0 Å². The summed E-state index contributed by atoms with van der Waals surface area (Å²) >= 11 is 0. The molecule has 1 aromatic rings. The zero-order valence-corrected chi connectivity index (χ0v) is 11.7. The molecule has 0 saturated heterocycles. The topological polar surface area (TPSA) is 88.9 Å². The van der Waals surface area contributed by atoms with Gasteiger partial charge in [0.2, 0.25) is 10.0 Å². The summed E-state index contributed by atoms with van der Waals surface area (Å²) in [6.07, 6.45) is 2.19. The highest BCUT2D eigenvalue weighted by Gasteiger charge is 2.11. The maximum Gasteiger partial charge on any atom is 0.212 e. The lowest BCUT2D eigenvalue weighted by Crippen LogP contribution is -2.29. The van der Waals surface area contributed by atoms with Crippen molar-refractivity contribution in [1.82, 2.24) is 24.8 Å². The molecule has 0 saturated carbocycles. The van der Waals surface area contributed by atoms with Crippen LogP contribution in [-0.4, -0.2) is 42.0 Å². The van der Waals surface area contributed by atoms with Gasteiger partial charge in [-0.25, -0.2) is 13.1 Å². The van der Waals surface area contributed by atoms with Crippen LogP contribution in [0.2, 0.25) is 0 Å². The van der Waals surface area contributed by atoms with E-state index in [0.717, 1.165) is 13.1 Å². The lowest BCUT2D eigenvalue weighted by molar-refractivity contribution is 0.570. The zero-order valence-electron chi connectivity index (χ0n) is 10.9. The first kappa shape index (κ1) is 15.1. The number of nitrogens with one attached hydrogen (secondary N) is 2. The summed E-state index contributed by atoms with van der Waals surface area (Å²) in [5, 5.41) is 10.7. The van der Waals surface area contributed by atoms with E-state index in [9.17, 15) is 8.42 Å². The van der Waals surface area contributed by atoms with Crippen LogP contribution in [-0.2, 0) is 23.1 Å². The Kier molecular flexibility index (Phi) is 6.23. The smallest absolute Gasteiger partial charge is 0.212 e. The summed E-state index contributed by atoms with van der Waals surface area (Å²) in [7, 11) is -3.23. The van der Waals surface area contributed by atoms with E-state index in [2.05, 4.69) is 20.2 Å². The first-order chi connectivity index (χ1) is 8.59. The molecule has 8 heteroatoms. The Morgan fingerprint density at radius 1 is 1.39 bits per heavy atom. The summed E-state index contributed by atoms with van der Waals surface area (Å²) in [4.78, 5) is 0. The van der Waals surface area contributed by atoms with E-state index in [1.54, 1.807) is 10.9 Å². The lowest BCUT2D eigenvalue weighted by Gasteiger charge is -2.07. The van der Waals surface area contributed by atoms with E-state index < -0.39 is 10.0 Å². The second-order valence-electron chi connectivity index (χ2n) is 3.88. The molecule has 18 heavy (non-hydrogen) atoms. The summed E-state index contributed by atoms with van der Waals surface area (Å²) in [6.45, 7) is 6.43. The molecule has 0 aliphatic carbocycles. The largest absolute Gasteiger partial charge is 0.317 e. The van der Waals surface area contributed by atoms with Crippen LogP contribution >= 0.6 is 0 Å². The van der Waals surface area contributed by atoms with Gasteiger partial charge in [-0.1, -0.05) is 6.92 Å². The van der Waals surface area contributed by atoms with Gasteiger partial charge in [-0.2, -0.15) is 0 Å². The van der Waals surface area contributed by atoms with E-state index in [-0.39, 0.29) is 12.3 Å². The van der Waals surface area contributed by atoms with Crippen molar-refractivity contribution >= 4 is 10.0 Å². The van der Waals surface area contributed by atoms with E-state index in [1.165, 1.54) is 0 Å². The van der Waals surface area contributed by atoms with Crippen LogP contribution in [0.25, 0.3) is 0 Å². The van der Waals surface area contributed by atoms with Gasteiger partial charge in [0.1, 0.15) is 12.2 Å². The number of rotatable bonds is 9. The number of aryl methyl sites for hydroxylation is 1. The predicted molar refractivity (Wildman–Crippen MR) is 69.5 cm³/mol. The quantitative estimate of drug-likeness (QED) is 0.605. The van der Waals surface area contributed by atoms with E-state index in [0.29, 0.717) is 18.8 Å². The van der Waals surface area contributed by atoms with Crippen LogP contribution in [0.15, 0.2) is 6.33 Å². The Morgan fingerprint density at radius 3 is 2.83 bits per heavy atom. The molecule has 0 amide bonds. The minimum absolute atomic E-state index is 0.125. The first-order valence-corrected chi connectivity index (χ1v) is 7.79. The van der Waals surface area contributed by atoms with Crippen molar-refractivity contribution in [1.29, 1.82) is 0 Å². The highest BCUT2D eigenvalue weighted by molar-refractivity contribution is 7.89. The van der Waals surface area contributed by atoms with Crippen molar-refractivity contribution in [3.05, 3.63) is 12.2 Å². The minimum atomic E-state index is -3.23. The molecule has 1 rings (SSSR count). The second kappa shape index (κ2) is 7.45. The average Bonchev–Trinajstić information content (AvgIpc) is 2.80.